The number of nitrogens with zero attached hydrogens (tertiary/aromatic N) is 5. The second-order valence-corrected chi connectivity index (χ2v) is 5.87. The number of ether oxygens (including phenoxy) is 1. The lowest BCUT2D eigenvalue weighted by atomic mass is 10.1. The summed E-state index contributed by atoms with van der Waals surface area (Å²) in [6.07, 6.45) is 1.66. The van der Waals surface area contributed by atoms with Crippen molar-refractivity contribution in [3.63, 3.8) is 0 Å². The smallest absolute Gasteiger partial charge is 0.410 e. The molecule has 0 unspecified atom stereocenters. The molecule has 0 atom stereocenters. The van der Waals surface area contributed by atoms with E-state index >= 15 is 0 Å². The molecule has 0 spiro atoms. The van der Waals surface area contributed by atoms with Crippen molar-refractivity contribution in [3.8, 4) is 0 Å². The van der Waals surface area contributed by atoms with Crippen molar-refractivity contribution in [2.24, 2.45) is 0 Å². The average Bonchev–Trinajstić information content (AvgIpc) is 3.09. The Morgan fingerprint density at radius 2 is 2.12 bits per heavy atom. The Bertz CT molecular complexity index is 896. The van der Waals surface area contributed by atoms with Crippen molar-refractivity contribution in [1.82, 2.24) is 24.5 Å². The lowest BCUT2D eigenvalue weighted by molar-refractivity contribution is 0.0915. The molecule has 3 heterocycles. The minimum atomic E-state index is -0.362. The van der Waals surface area contributed by atoms with Crippen molar-refractivity contribution in [3.05, 3.63) is 58.6 Å². The van der Waals surface area contributed by atoms with Gasteiger partial charge in [0, 0.05) is 18.5 Å². The molecule has 0 N–H and O–H groups in total. The molecule has 1 aromatic carbocycles. The molecular weight excluding hydrogens is 330 g/mol. The molecule has 2 aromatic heterocycles. The fraction of sp³-hybridized carbons (Fsp3) is 0.250. The maximum absolute atomic E-state index is 12.3. The van der Waals surface area contributed by atoms with Gasteiger partial charge in [0.25, 0.3) is 5.78 Å². The van der Waals surface area contributed by atoms with E-state index in [9.17, 15) is 4.79 Å². The van der Waals surface area contributed by atoms with Gasteiger partial charge in [0.1, 0.15) is 18.1 Å². The maximum atomic E-state index is 12.3. The molecule has 1 aliphatic rings. The molecular formula is C16H14ClN5O2. The lowest BCUT2D eigenvalue weighted by Crippen LogP contribution is -2.37. The van der Waals surface area contributed by atoms with Crippen LogP contribution < -0.4 is 0 Å². The van der Waals surface area contributed by atoms with Crippen LogP contribution in [0.5, 0.6) is 0 Å². The summed E-state index contributed by atoms with van der Waals surface area (Å²) in [5, 5.41) is 4.49. The minimum absolute atomic E-state index is 0.247. The highest BCUT2D eigenvalue weighted by atomic mass is 35.5. The number of hydrogen-bond donors (Lipinski definition) is 0. The molecule has 0 bridgehead atoms. The Hall–Kier alpha value is -2.67. The predicted octanol–water partition coefficient (Wildman–Crippen LogP) is 2.47. The molecule has 4 rings (SSSR count). The van der Waals surface area contributed by atoms with E-state index in [-0.39, 0.29) is 12.7 Å². The van der Waals surface area contributed by atoms with Gasteiger partial charge in [-0.1, -0.05) is 41.9 Å². The number of benzene rings is 1. The monoisotopic (exact) mass is 343 g/mol. The van der Waals surface area contributed by atoms with Gasteiger partial charge in [-0.3, -0.25) is 0 Å². The summed E-state index contributed by atoms with van der Waals surface area (Å²) in [7, 11) is 0. The van der Waals surface area contributed by atoms with E-state index in [1.807, 2.05) is 30.3 Å². The second kappa shape index (κ2) is 6.09. The van der Waals surface area contributed by atoms with Crippen LogP contribution in [0.15, 0.2) is 36.7 Å². The van der Waals surface area contributed by atoms with Crippen LogP contribution in [0.3, 0.4) is 0 Å². The van der Waals surface area contributed by atoms with Gasteiger partial charge in [0.2, 0.25) is 0 Å². The van der Waals surface area contributed by atoms with Gasteiger partial charge in [0.05, 0.1) is 12.2 Å². The summed E-state index contributed by atoms with van der Waals surface area (Å²) in [5.74, 6) is 0.471. The van der Waals surface area contributed by atoms with Crippen LogP contribution in [0, 0.1) is 0 Å². The third-order valence-corrected chi connectivity index (χ3v) is 4.37. The molecule has 0 saturated carbocycles. The van der Waals surface area contributed by atoms with E-state index in [0.29, 0.717) is 30.4 Å². The van der Waals surface area contributed by atoms with E-state index < -0.39 is 0 Å². The van der Waals surface area contributed by atoms with Crippen molar-refractivity contribution in [2.75, 3.05) is 6.54 Å². The van der Waals surface area contributed by atoms with Gasteiger partial charge < -0.3 is 9.64 Å². The molecule has 3 aromatic rings. The molecule has 1 amide bonds. The molecule has 0 aliphatic carbocycles. The van der Waals surface area contributed by atoms with E-state index in [2.05, 4.69) is 15.1 Å². The molecule has 122 valence electrons. The third-order valence-electron chi connectivity index (χ3n) is 3.98. The van der Waals surface area contributed by atoms with Crippen LogP contribution in [-0.4, -0.2) is 37.1 Å². The molecule has 7 nitrogen and oxygen atoms in total. The average molecular weight is 344 g/mol. The topological polar surface area (TPSA) is 72.6 Å². The molecule has 8 heteroatoms. The SMILES string of the molecule is O=C(OCc1ccccc1)N1CCc2nc3ncnn3c(Cl)c2C1. The lowest BCUT2D eigenvalue weighted by Gasteiger charge is -2.28. The van der Waals surface area contributed by atoms with Crippen molar-refractivity contribution in [1.29, 1.82) is 0 Å². The van der Waals surface area contributed by atoms with Crippen LogP contribution in [0.25, 0.3) is 5.78 Å². The fourth-order valence-electron chi connectivity index (χ4n) is 2.73. The molecule has 1 aliphatic heterocycles. The highest BCUT2D eigenvalue weighted by molar-refractivity contribution is 6.30. The van der Waals surface area contributed by atoms with E-state index in [4.69, 9.17) is 16.3 Å². The zero-order valence-corrected chi connectivity index (χ0v) is 13.5. The standard InChI is InChI=1S/C16H14ClN5O2/c17-14-12-8-21(16(23)24-9-11-4-2-1-3-5-11)7-6-13(12)20-15-18-10-19-22(14)15/h1-5,10H,6-9H2. The summed E-state index contributed by atoms with van der Waals surface area (Å²) in [6.45, 7) is 1.13. The van der Waals surface area contributed by atoms with Gasteiger partial charge in [-0.25, -0.2) is 9.78 Å². The van der Waals surface area contributed by atoms with Crippen LogP contribution in [0.1, 0.15) is 16.8 Å². The Morgan fingerprint density at radius 1 is 1.29 bits per heavy atom. The highest BCUT2D eigenvalue weighted by Gasteiger charge is 2.26. The van der Waals surface area contributed by atoms with E-state index in [1.54, 1.807) is 4.90 Å². The summed E-state index contributed by atoms with van der Waals surface area (Å²) in [4.78, 5) is 22.4. The van der Waals surface area contributed by atoms with Crippen LogP contribution >= 0.6 is 11.6 Å². The zero-order valence-electron chi connectivity index (χ0n) is 12.7. The van der Waals surface area contributed by atoms with Crippen molar-refractivity contribution in [2.45, 2.75) is 19.6 Å². The fourth-order valence-corrected chi connectivity index (χ4v) is 3.01. The number of carbonyl (C=O) groups excluding carboxylic acids is 1. The molecule has 0 fully saturated rings. The number of halogens is 1. The Labute approximate surface area is 142 Å². The number of aromatic nitrogens is 4. The first-order chi connectivity index (χ1) is 11.7. The third kappa shape index (κ3) is 2.67. The summed E-state index contributed by atoms with van der Waals surface area (Å²) >= 11 is 6.39. The minimum Gasteiger partial charge on any atom is -0.445 e. The van der Waals surface area contributed by atoms with Crippen LogP contribution in [0.2, 0.25) is 5.15 Å². The number of fused-ring (bicyclic) bond motifs is 2. The van der Waals surface area contributed by atoms with E-state index in [1.165, 1.54) is 10.8 Å². The highest BCUT2D eigenvalue weighted by Crippen LogP contribution is 2.25. The van der Waals surface area contributed by atoms with Crippen LogP contribution in [0.4, 0.5) is 4.79 Å². The van der Waals surface area contributed by atoms with Gasteiger partial charge in [-0.15, -0.1) is 0 Å². The number of rotatable bonds is 2. The Kier molecular flexibility index (Phi) is 3.78. The Morgan fingerprint density at radius 3 is 2.96 bits per heavy atom. The first-order valence-corrected chi connectivity index (χ1v) is 7.93. The van der Waals surface area contributed by atoms with Gasteiger partial charge in [-0.2, -0.15) is 14.6 Å². The number of hydrogen-bond acceptors (Lipinski definition) is 5. The van der Waals surface area contributed by atoms with Gasteiger partial charge >= 0.3 is 6.09 Å². The quantitative estimate of drug-likeness (QED) is 0.668. The molecule has 0 radical (unpaired) electrons. The molecule has 24 heavy (non-hydrogen) atoms. The second-order valence-electron chi connectivity index (χ2n) is 5.51. The first-order valence-electron chi connectivity index (χ1n) is 7.55. The Balaban J connectivity index is 1.50. The van der Waals surface area contributed by atoms with Crippen LogP contribution in [-0.2, 0) is 24.3 Å². The van der Waals surface area contributed by atoms with E-state index in [0.717, 1.165) is 16.8 Å². The number of amides is 1. The van der Waals surface area contributed by atoms with Crippen molar-refractivity contribution < 1.29 is 9.53 Å². The zero-order chi connectivity index (χ0) is 16.5. The summed E-state index contributed by atoms with van der Waals surface area (Å²) in [6, 6.07) is 9.58. The largest absolute Gasteiger partial charge is 0.445 e. The van der Waals surface area contributed by atoms with Gasteiger partial charge in [0.15, 0.2) is 0 Å². The van der Waals surface area contributed by atoms with Crippen molar-refractivity contribution >= 4 is 23.5 Å². The summed E-state index contributed by atoms with van der Waals surface area (Å²) < 4.78 is 6.86. The van der Waals surface area contributed by atoms with Gasteiger partial charge in [-0.05, 0) is 5.56 Å². The maximum Gasteiger partial charge on any atom is 0.410 e. The molecule has 0 saturated heterocycles. The first kappa shape index (κ1) is 14.9. The predicted molar refractivity (Wildman–Crippen MR) is 86.5 cm³/mol. The number of carbonyl (C=O) groups is 1. The summed E-state index contributed by atoms with van der Waals surface area (Å²) in [5.41, 5.74) is 2.59. The normalized spacial score (nSPS) is 13.8.